The van der Waals surface area contributed by atoms with Gasteiger partial charge in [0.05, 0.1) is 0 Å². The van der Waals surface area contributed by atoms with E-state index in [2.05, 4.69) is 34.3 Å². The van der Waals surface area contributed by atoms with Crippen molar-refractivity contribution in [3.05, 3.63) is 90.3 Å². The van der Waals surface area contributed by atoms with Gasteiger partial charge in [0.2, 0.25) is 0 Å². The third-order valence-corrected chi connectivity index (χ3v) is 4.63. The van der Waals surface area contributed by atoms with Crippen LogP contribution in [-0.4, -0.2) is 30.5 Å². The molecule has 144 valence electrons. The number of hydrogen-bond donors (Lipinski definition) is 1. The molecule has 0 fully saturated rings. The van der Waals surface area contributed by atoms with Gasteiger partial charge in [-0.1, -0.05) is 24.3 Å². The average molecular weight is 375 g/mol. The Balaban J connectivity index is 1.49. The largest absolute Gasteiger partial charge is 0.489 e. The van der Waals surface area contributed by atoms with Crippen LogP contribution in [0.3, 0.4) is 0 Å². The first-order chi connectivity index (χ1) is 13.6. The first-order valence-electron chi connectivity index (χ1n) is 9.31. The van der Waals surface area contributed by atoms with Gasteiger partial charge in [-0.15, -0.1) is 0 Å². The van der Waals surface area contributed by atoms with Crippen LogP contribution in [0.2, 0.25) is 0 Å². The van der Waals surface area contributed by atoms with Crippen molar-refractivity contribution >= 4 is 11.6 Å². The highest BCUT2D eigenvalue weighted by Crippen LogP contribution is 2.15. The molecule has 28 heavy (non-hydrogen) atoms. The third kappa shape index (κ3) is 5.33. The van der Waals surface area contributed by atoms with E-state index < -0.39 is 0 Å². The summed E-state index contributed by atoms with van der Waals surface area (Å²) in [6, 6.07) is 21.3. The predicted molar refractivity (Wildman–Crippen MR) is 112 cm³/mol. The van der Waals surface area contributed by atoms with Gasteiger partial charge in [-0.2, -0.15) is 0 Å². The second-order valence-corrected chi connectivity index (χ2v) is 6.68. The zero-order chi connectivity index (χ0) is 19.8. The molecule has 0 saturated heterocycles. The lowest BCUT2D eigenvalue weighted by Gasteiger charge is -2.27. The Morgan fingerprint density at radius 2 is 1.82 bits per heavy atom. The van der Waals surface area contributed by atoms with Crippen molar-refractivity contribution in [2.24, 2.45) is 0 Å². The molecular formula is C23H25N3O2. The van der Waals surface area contributed by atoms with Gasteiger partial charge in [-0.25, -0.2) is 0 Å². The summed E-state index contributed by atoms with van der Waals surface area (Å²) in [6.45, 7) is 3.09. The molecule has 0 unspecified atom stereocenters. The van der Waals surface area contributed by atoms with Crippen LogP contribution in [0.25, 0.3) is 0 Å². The van der Waals surface area contributed by atoms with E-state index in [1.807, 2.05) is 49.5 Å². The number of nitrogens with zero attached hydrogens (tertiary/aromatic N) is 2. The molecule has 1 atom stereocenters. The van der Waals surface area contributed by atoms with Crippen molar-refractivity contribution < 1.29 is 9.53 Å². The van der Waals surface area contributed by atoms with Crippen molar-refractivity contribution in [1.29, 1.82) is 0 Å². The summed E-state index contributed by atoms with van der Waals surface area (Å²) in [6.07, 6.45) is 3.50. The van der Waals surface area contributed by atoms with Crippen LogP contribution in [-0.2, 0) is 6.61 Å². The smallest absolute Gasteiger partial charge is 0.251 e. The number of hydrogen-bond acceptors (Lipinski definition) is 4. The molecule has 1 heterocycles. The molecule has 2 aromatic carbocycles. The van der Waals surface area contributed by atoms with Crippen molar-refractivity contribution in [2.45, 2.75) is 19.6 Å². The summed E-state index contributed by atoms with van der Waals surface area (Å²) in [5.41, 5.74) is 2.74. The fraction of sp³-hybridized carbons (Fsp3) is 0.217. The Hall–Kier alpha value is -3.34. The zero-order valence-corrected chi connectivity index (χ0v) is 16.2. The number of ether oxygens (including phenoxy) is 1. The summed E-state index contributed by atoms with van der Waals surface area (Å²) in [4.78, 5) is 18.6. The van der Waals surface area contributed by atoms with Gasteiger partial charge in [0.15, 0.2) is 0 Å². The molecule has 0 spiro atoms. The zero-order valence-electron chi connectivity index (χ0n) is 16.2. The quantitative estimate of drug-likeness (QED) is 0.648. The molecule has 0 aliphatic carbocycles. The Morgan fingerprint density at radius 3 is 2.50 bits per heavy atom. The van der Waals surface area contributed by atoms with Crippen LogP contribution < -0.4 is 15.0 Å². The SMILES string of the molecule is C[C@H](CNC(=O)c1ccc(OCc2cccnc2)cc1)N(C)c1ccccc1. The third-order valence-electron chi connectivity index (χ3n) is 4.63. The lowest BCUT2D eigenvalue weighted by Crippen LogP contribution is -2.40. The number of pyridine rings is 1. The topological polar surface area (TPSA) is 54.5 Å². The molecular weight excluding hydrogens is 350 g/mol. The van der Waals surface area contributed by atoms with Gasteiger partial charge in [-0.3, -0.25) is 9.78 Å². The molecule has 0 aliphatic rings. The number of aromatic nitrogens is 1. The normalized spacial score (nSPS) is 11.5. The number of likely N-dealkylation sites (N-methyl/N-ethyl adjacent to an activating group) is 1. The Kier molecular flexibility index (Phi) is 6.63. The van der Waals surface area contributed by atoms with Gasteiger partial charge in [0, 0.05) is 48.8 Å². The number of nitrogens with one attached hydrogen (secondary N) is 1. The molecule has 5 heteroatoms. The Morgan fingerprint density at radius 1 is 1.07 bits per heavy atom. The Bertz CT molecular complexity index is 867. The van der Waals surface area contributed by atoms with Gasteiger partial charge in [0.1, 0.15) is 12.4 Å². The van der Waals surface area contributed by atoms with Gasteiger partial charge in [0.25, 0.3) is 5.91 Å². The first kappa shape index (κ1) is 19.4. The number of amides is 1. The minimum Gasteiger partial charge on any atom is -0.489 e. The van der Waals surface area contributed by atoms with Crippen LogP contribution in [0.1, 0.15) is 22.8 Å². The van der Waals surface area contributed by atoms with Crippen LogP contribution in [0, 0.1) is 0 Å². The number of rotatable bonds is 8. The van der Waals surface area contributed by atoms with Gasteiger partial charge < -0.3 is 15.0 Å². The second-order valence-electron chi connectivity index (χ2n) is 6.68. The van der Waals surface area contributed by atoms with Crippen molar-refractivity contribution in [3.63, 3.8) is 0 Å². The van der Waals surface area contributed by atoms with Crippen LogP contribution in [0.15, 0.2) is 79.1 Å². The highest BCUT2D eigenvalue weighted by Gasteiger charge is 2.12. The number of benzene rings is 2. The van der Waals surface area contributed by atoms with Crippen molar-refractivity contribution in [1.82, 2.24) is 10.3 Å². The monoisotopic (exact) mass is 375 g/mol. The Labute approximate surface area is 166 Å². The maximum Gasteiger partial charge on any atom is 0.251 e. The fourth-order valence-electron chi connectivity index (χ4n) is 2.75. The van der Waals surface area contributed by atoms with Crippen LogP contribution >= 0.6 is 0 Å². The second kappa shape index (κ2) is 9.55. The number of carbonyl (C=O) groups is 1. The number of anilines is 1. The van der Waals surface area contributed by atoms with E-state index in [1.54, 1.807) is 24.5 Å². The van der Waals surface area contributed by atoms with Crippen LogP contribution in [0.4, 0.5) is 5.69 Å². The van der Waals surface area contributed by atoms with E-state index in [0.717, 1.165) is 17.0 Å². The molecule has 3 rings (SSSR count). The fourth-order valence-corrected chi connectivity index (χ4v) is 2.75. The van der Waals surface area contributed by atoms with Crippen LogP contribution in [0.5, 0.6) is 5.75 Å². The van der Waals surface area contributed by atoms with E-state index in [0.29, 0.717) is 18.7 Å². The standard InChI is InChI=1S/C23H25N3O2/c1-18(26(2)21-8-4-3-5-9-21)15-25-23(27)20-10-12-22(13-11-20)28-17-19-7-6-14-24-16-19/h3-14,16,18H,15,17H2,1-2H3,(H,25,27)/t18-/m1/s1. The molecule has 0 radical (unpaired) electrons. The predicted octanol–water partition coefficient (Wildman–Crippen LogP) is 3.92. The summed E-state index contributed by atoms with van der Waals surface area (Å²) in [5.74, 6) is 0.629. The first-order valence-corrected chi connectivity index (χ1v) is 9.31. The van der Waals surface area contributed by atoms with E-state index in [-0.39, 0.29) is 11.9 Å². The molecule has 0 aliphatic heterocycles. The lowest BCUT2D eigenvalue weighted by molar-refractivity contribution is 0.0951. The maximum absolute atomic E-state index is 12.4. The summed E-state index contributed by atoms with van der Waals surface area (Å²) in [5, 5.41) is 3.00. The average Bonchev–Trinajstić information content (AvgIpc) is 2.77. The van der Waals surface area contributed by atoms with Crippen molar-refractivity contribution in [3.8, 4) is 5.75 Å². The number of carbonyl (C=O) groups excluding carboxylic acids is 1. The maximum atomic E-state index is 12.4. The van der Waals surface area contributed by atoms with Crippen molar-refractivity contribution in [2.75, 3.05) is 18.5 Å². The molecule has 1 N–H and O–H groups in total. The molecule has 3 aromatic rings. The summed E-state index contributed by atoms with van der Waals surface area (Å²) >= 11 is 0. The molecule has 0 bridgehead atoms. The lowest BCUT2D eigenvalue weighted by atomic mass is 10.2. The van der Waals surface area contributed by atoms with E-state index in [1.165, 1.54) is 0 Å². The molecule has 1 aromatic heterocycles. The van der Waals surface area contributed by atoms with E-state index in [9.17, 15) is 4.79 Å². The van der Waals surface area contributed by atoms with Gasteiger partial charge in [-0.05, 0) is 49.4 Å². The highest BCUT2D eigenvalue weighted by atomic mass is 16.5. The van der Waals surface area contributed by atoms with Gasteiger partial charge >= 0.3 is 0 Å². The minimum atomic E-state index is -0.0906. The highest BCUT2D eigenvalue weighted by molar-refractivity contribution is 5.94. The van der Waals surface area contributed by atoms with E-state index in [4.69, 9.17) is 4.74 Å². The molecule has 5 nitrogen and oxygen atoms in total. The minimum absolute atomic E-state index is 0.0906. The number of para-hydroxylation sites is 1. The summed E-state index contributed by atoms with van der Waals surface area (Å²) in [7, 11) is 2.03. The molecule has 0 saturated carbocycles. The molecule has 1 amide bonds. The van der Waals surface area contributed by atoms with E-state index >= 15 is 0 Å². The summed E-state index contributed by atoms with van der Waals surface area (Å²) < 4.78 is 5.73.